The van der Waals surface area contributed by atoms with Crippen LogP contribution in [0.1, 0.15) is 42.1 Å². The number of carboxylic acid groups (broad SMARTS) is 1. The summed E-state index contributed by atoms with van der Waals surface area (Å²) in [6.45, 7) is 4.28. The van der Waals surface area contributed by atoms with Gasteiger partial charge in [-0.15, -0.1) is 0 Å². The van der Waals surface area contributed by atoms with Crippen molar-refractivity contribution in [3.8, 4) is 0 Å². The van der Waals surface area contributed by atoms with Crippen LogP contribution in [0.3, 0.4) is 0 Å². The van der Waals surface area contributed by atoms with E-state index in [1.807, 2.05) is 6.92 Å². The summed E-state index contributed by atoms with van der Waals surface area (Å²) in [5, 5.41) is 9.14. The predicted octanol–water partition coefficient (Wildman–Crippen LogP) is 2.50. The first-order valence-electron chi connectivity index (χ1n) is 7.21. The molecular formula is C15H21NO4S. The first kappa shape index (κ1) is 16.0. The molecule has 0 amide bonds. The number of benzene rings is 1. The van der Waals surface area contributed by atoms with Crippen LogP contribution in [-0.2, 0) is 10.0 Å². The van der Waals surface area contributed by atoms with E-state index in [0.29, 0.717) is 24.6 Å². The zero-order chi connectivity index (χ0) is 15.6. The summed E-state index contributed by atoms with van der Waals surface area (Å²) in [5.41, 5.74) is 0.341. The van der Waals surface area contributed by atoms with E-state index in [-0.39, 0.29) is 10.5 Å². The lowest BCUT2D eigenvalue weighted by Crippen LogP contribution is -2.37. The maximum absolute atomic E-state index is 12.8. The number of carboxylic acids is 1. The predicted molar refractivity (Wildman–Crippen MR) is 79.9 cm³/mol. The Labute approximate surface area is 125 Å². The van der Waals surface area contributed by atoms with Gasteiger partial charge in [0.1, 0.15) is 0 Å². The molecule has 0 atom stereocenters. The monoisotopic (exact) mass is 311 g/mol. The molecular weight excluding hydrogens is 290 g/mol. The van der Waals surface area contributed by atoms with Crippen molar-refractivity contribution in [2.24, 2.45) is 5.92 Å². The molecule has 2 rings (SSSR count). The van der Waals surface area contributed by atoms with Gasteiger partial charge in [-0.3, -0.25) is 0 Å². The van der Waals surface area contributed by atoms with Gasteiger partial charge in [-0.25, -0.2) is 13.2 Å². The van der Waals surface area contributed by atoms with Crippen LogP contribution in [0.25, 0.3) is 0 Å². The summed E-state index contributed by atoms with van der Waals surface area (Å²) < 4.78 is 27.0. The van der Waals surface area contributed by atoms with Gasteiger partial charge in [0.25, 0.3) is 0 Å². The Morgan fingerprint density at radius 2 is 2.05 bits per heavy atom. The highest BCUT2D eigenvalue weighted by Crippen LogP contribution is 2.30. The van der Waals surface area contributed by atoms with Crippen LogP contribution < -0.4 is 0 Å². The second-order valence-corrected chi connectivity index (χ2v) is 7.39. The molecule has 1 aliphatic rings. The van der Waals surface area contributed by atoms with Gasteiger partial charge in [0.15, 0.2) is 0 Å². The highest BCUT2D eigenvalue weighted by Gasteiger charge is 2.30. The fraction of sp³-hybridized carbons (Fsp3) is 0.533. The van der Waals surface area contributed by atoms with Gasteiger partial charge < -0.3 is 5.11 Å². The van der Waals surface area contributed by atoms with Crippen LogP contribution in [0.5, 0.6) is 0 Å². The topological polar surface area (TPSA) is 74.7 Å². The summed E-state index contributed by atoms with van der Waals surface area (Å²) in [4.78, 5) is 11.3. The van der Waals surface area contributed by atoms with E-state index in [1.165, 1.54) is 22.5 Å². The third-order valence-electron chi connectivity index (χ3n) is 4.17. The second kappa shape index (κ2) is 6.15. The van der Waals surface area contributed by atoms with E-state index in [9.17, 15) is 13.2 Å². The molecule has 0 radical (unpaired) electrons. The van der Waals surface area contributed by atoms with E-state index in [0.717, 1.165) is 19.3 Å². The molecule has 1 aliphatic carbocycles. The Hall–Kier alpha value is -1.40. The molecule has 1 fully saturated rings. The van der Waals surface area contributed by atoms with E-state index in [1.54, 1.807) is 6.92 Å². The van der Waals surface area contributed by atoms with E-state index in [4.69, 9.17) is 5.11 Å². The Bertz CT molecular complexity index is 635. The van der Waals surface area contributed by atoms with Crippen molar-refractivity contribution in [1.29, 1.82) is 0 Å². The molecule has 116 valence electrons. The number of sulfonamides is 1. The Morgan fingerprint density at radius 1 is 1.38 bits per heavy atom. The normalized spacial score (nSPS) is 16.0. The number of hydrogen-bond donors (Lipinski definition) is 1. The van der Waals surface area contributed by atoms with Gasteiger partial charge in [-0.05, 0) is 43.4 Å². The lowest BCUT2D eigenvalue weighted by atomic mass is 9.85. The van der Waals surface area contributed by atoms with E-state index in [2.05, 4.69) is 0 Å². The van der Waals surface area contributed by atoms with Crippen molar-refractivity contribution in [3.63, 3.8) is 0 Å². The van der Waals surface area contributed by atoms with Crippen LogP contribution in [0, 0.1) is 12.8 Å². The molecule has 21 heavy (non-hydrogen) atoms. The molecule has 0 aromatic heterocycles. The molecule has 1 aromatic carbocycles. The average molecular weight is 311 g/mol. The quantitative estimate of drug-likeness (QED) is 0.876. The van der Waals surface area contributed by atoms with Crippen LogP contribution in [-0.4, -0.2) is 36.9 Å². The van der Waals surface area contributed by atoms with Crippen molar-refractivity contribution in [2.75, 3.05) is 13.1 Å². The van der Waals surface area contributed by atoms with Gasteiger partial charge in [0.05, 0.1) is 10.5 Å². The van der Waals surface area contributed by atoms with Crippen molar-refractivity contribution in [2.45, 2.75) is 38.0 Å². The molecule has 0 bridgehead atoms. The van der Waals surface area contributed by atoms with Gasteiger partial charge in [0, 0.05) is 13.1 Å². The first-order chi connectivity index (χ1) is 9.87. The van der Waals surface area contributed by atoms with Crippen molar-refractivity contribution >= 4 is 16.0 Å². The minimum absolute atomic E-state index is 0.0378. The van der Waals surface area contributed by atoms with Gasteiger partial charge in [-0.1, -0.05) is 19.4 Å². The zero-order valence-electron chi connectivity index (χ0n) is 12.4. The van der Waals surface area contributed by atoms with Crippen LogP contribution in [0.4, 0.5) is 0 Å². The fourth-order valence-electron chi connectivity index (χ4n) is 2.63. The van der Waals surface area contributed by atoms with Gasteiger partial charge in [0.2, 0.25) is 10.0 Å². The molecule has 1 saturated carbocycles. The number of carbonyl (C=O) groups is 1. The molecule has 1 N–H and O–H groups in total. The molecule has 0 aliphatic heterocycles. The summed E-state index contributed by atoms with van der Waals surface area (Å²) in [7, 11) is -3.64. The molecule has 5 nitrogen and oxygen atoms in total. The van der Waals surface area contributed by atoms with E-state index < -0.39 is 16.0 Å². The summed E-state index contributed by atoms with van der Waals surface area (Å²) >= 11 is 0. The molecule has 0 spiro atoms. The third kappa shape index (κ3) is 3.11. The molecule has 0 unspecified atom stereocenters. The van der Waals surface area contributed by atoms with Crippen LogP contribution in [0.15, 0.2) is 23.1 Å². The van der Waals surface area contributed by atoms with Crippen molar-refractivity contribution in [1.82, 2.24) is 4.31 Å². The highest BCUT2D eigenvalue weighted by atomic mass is 32.2. The van der Waals surface area contributed by atoms with Gasteiger partial charge in [-0.2, -0.15) is 4.31 Å². The average Bonchev–Trinajstić information content (AvgIpc) is 2.36. The lowest BCUT2D eigenvalue weighted by molar-refractivity contribution is 0.0696. The van der Waals surface area contributed by atoms with Crippen LogP contribution >= 0.6 is 0 Å². The van der Waals surface area contributed by atoms with Crippen LogP contribution in [0.2, 0.25) is 0 Å². The molecule has 0 heterocycles. The van der Waals surface area contributed by atoms with Crippen molar-refractivity contribution < 1.29 is 18.3 Å². The highest BCUT2D eigenvalue weighted by molar-refractivity contribution is 7.89. The third-order valence-corrected chi connectivity index (χ3v) is 6.26. The largest absolute Gasteiger partial charge is 0.478 e. The number of rotatable bonds is 6. The Morgan fingerprint density at radius 3 is 2.52 bits per heavy atom. The number of hydrogen-bond acceptors (Lipinski definition) is 3. The Balaban J connectivity index is 2.37. The number of nitrogens with zero attached hydrogens (tertiary/aromatic N) is 1. The summed E-state index contributed by atoms with van der Waals surface area (Å²) in [5.74, 6) is -0.672. The summed E-state index contributed by atoms with van der Waals surface area (Å²) in [6.07, 6.45) is 3.30. The fourth-order valence-corrected chi connectivity index (χ4v) is 4.40. The smallest absolute Gasteiger partial charge is 0.335 e. The first-order valence-corrected chi connectivity index (χ1v) is 8.65. The lowest BCUT2D eigenvalue weighted by Gasteiger charge is -2.31. The molecule has 0 saturated heterocycles. The zero-order valence-corrected chi connectivity index (χ0v) is 13.2. The second-order valence-electron chi connectivity index (χ2n) is 5.49. The van der Waals surface area contributed by atoms with Gasteiger partial charge >= 0.3 is 5.97 Å². The Kier molecular flexibility index (Phi) is 4.68. The van der Waals surface area contributed by atoms with Crippen molar-refractivity contribution in [3.05, 3.63) is 29.3 Å². The minimum atomic E-state index is -3.64. The molecule has 1 aromatic rings. The van der Waals surface area contributed by atoms with E-state index >= 15 is 0 Å². The minimum Gasteiger partial charge on any atom is -0.478 e. The summed E-state index contributed by atoms with van der Waals surface area (Å²) in [6, 6.07) is 4.40. The SMILES string of the molecule is CCN(CC1CCC1)S(=O)(=O)c1cccc(C(=O)O)c1C. The standard InChI is InChI=1S/C15H21NO4S/c1-3-16(10-12-6-4-7-12)21(19,20)14-9-5-8-13(11(14)2)15(17)18/h5,8-9,12H,3-4,6-7,10H2,1-2H3,(H,17,18). The molecule has 6 heteroatoms. The number of aromatic carboxylic acids is 1. The maximum Gasteiger partial charge on any atom is 0.335 e. The maximum atomic E-state index is 12.8.